The number of hydrogen-bond acceptors (Lipinski definition) is 1. The third kappa shape index (κ3) is 2.36. The molecule has 0 saturated carbocycles. The number of rotatable bonds is 2. The molecule has 0 bridgehead atoms. The largest absolute Gasteiger partial charge is 0.385 e. The predicted octanol–water partition coefficient (Wildman–Crippen LogP) is 4.67. The van der Waals surface area contributed by atoms with Crippen LogP contribution in [0.15, 0.2) is 48.5 Å². The van der Waals surface area contributed by atoms with Gasteiger partial charge in [-0.1, -0.05) is 61.0 Å². The van der Waals surface area contributed by atoms with Crippen molar-refractivity contribution in [2.24, 2.45) is 0 Å². The zero-order valence-corrected chi connectivity index (χ0v) is 12.4. The van der Waals surface area contributed by atoms with Gasteiger partial charge in [0, 0.05) is 11.4 Å². The summed E-state index contributed by atoms with van der Waals surface area (Å²) in [6, 6.07) is 16.0. The van der Waals surface area contributed by atoms with Crippen LogP contribution in [0, 0.1) is 0 Å². The van der Waals surface area contributed by atoms with Crippen molar-refractivity contribution >= 4 is 11.6 Å². The molecule has 0 aliphatic heterocycles. The molecule has 1 aliphatic rings. The minimum absolute atomic E-state index is 0.512. The summed E-state index contributed by atoms with van der Waals surface area (Å²) < 4.78 is 0. The van der Waals surface area contributed by atoms with Crippen LogP contribution in [-0.2, 0) is 12.0 Å². The lowest BCUT2D eigenvalue weighted by Gasteiger charge is -2.37. The Morgan fingerprint density at radius 1 is 1.15 bits per heavy atom. The average Bonchev–Trinajstić information content (AvgIpc) is 2.46. The Hall–Kier alpha value is -1.31. The highest BCUT2D eigenvalue weighted by molar-refractivity contribution is 6.31. The predicted molar refractivity (Wildman–Crippen MR) is 83.1 cm³/mol. The molecule has 2 aromatic rings. The van der Waals surface area contributed by atoms with E-state index < -0.39 is 5.60 Å². The summed E-state index contributed by atoms with van der Waals surface area (Å²) in [7, 11) is 0. The molecule has 0 radical (unpaired) electrons. The van der Waals surface area contributed by atoms with E-state index in [9.17, 15) is 5.11 Å². The minimum Gasteiger partial charge on any atom is -0.385 e. The summed E-state index contributed by atoms with van der Waals surface area (Å²) in [6.07, 6.45) is 2.38. The molecule has 0 fully saturated rings. The van der Waals surface area contributed by atoms with Crippen LogP contribution in [0.1, 0.15) is 42.4 Å². The van der Waals surface area contributed by atoms with Crippen molar-refractivity contribution in [2.75, 3.05) is 0 Å². The third-order valence-electron chi connectivity index (χ3n) is 4.42. The van der Waals surface area contributed by atoms with Crippen LogP contribution in [0.25, 0.3) is 0 Å². The molecule has 2 heteroatoms. The Labute approximate surface area is 125 Å². The first-order valence-corrected chi connectivity index (χ1v) is 7.53. The van der Waals surface area contributed by atoms with Gasteiger partial charge >= 0.3 is 0 Å². The summed E-state index contributed by atoms with van der Waals surface area (Å²) in [5.74, 6) is 0.512. The molecular formula is C18H19ClO. The second-order valence-corrected chi connectivity index (χ2v) is 6.23. The van der Waals surface area contributed by atoms with Crippen molar-refractivity contribution in [3.8, 4) is 0 Å². The Bertz CT molecular complexity index is 622. The maximum Gasteiger partial charge on any atom is 0.0940 e. The first-order valence-electron chi connectivity index (χ1n) is 7.15. The number of hydrogen-bond donors (Lipinski definition) is 1. The highest BCUT2D eigenvalue weighted by Crippen LogP contribution is 2.43. The molecule has 3 rings (SSSR count). The Morgan fingerprint density at radius 2 is 1.85 bits per heavy atom. The van der Waals surface area contributed by atoms with E-state index in [1.807, 2.05) is 30.3 Å². The van der Waals surface area contributed by atoms with E-state index in [1.54, 1.807) is 0 Å². The quantitative estimate of drug-likeness (QED) is 0.851. The lowest BCUT2D eigenvalue weighted by atomic mass is 9.72. The molecule has 20 heavy (non-hydrogen) atoms. The van der Waals surface area contributed by atoms with Gasteiger partial charge in [0.05, 0.1) is 5.60 Å². The first-order chi connectivity index (χ1) is 9.60. The fourth-order valence-electron chi connectivity index (χ4n) is 3.24. The second-order valence-electron chi connectivity index (χ2n) is 5.83. The average molecular weight is 287 g/mol. The van der Waals surface area contributed by atoms with Gasteiger partial charge < -0.3 is 5.11 Å². The summed E-state index contributed by atoms with van der Waals surface area (Å²) in [5.41, 5.74) is 2.56. The van der Waals surface area contributed by atoms with E-state index in [0.29, 0.717) is 12.3 Å². The maximum atomic E-state index is 11.2. The molecule has 2 aromatic carbocycles. The van der Waals surface area contributed by atoms with Gasteiger partial charge in [0.15, 0.2) is 0 Å². The first kappa shape index (κ1) is 13.7. The molecule has 1 N–H and O–H groups in total. The molecule has 2 unspecified atom stereocenters. The molecule has 0 saturated heterocycles. The van der Waals surface area contributed by atoms with E-state index in [1.165, 1.54) is 5.56 Å². The fourth-order valence-corrected chi connectivity index (χ4v) is 3.44. The monoisotopic (exact) mass is 286 g/mol. The van der Waals surface area contributed by atoms with Crippen LogP contribution < -0.4 is 0 Å². The van der Waals surface area contributed by atoms with Crippen LogP contribution >= 0.6 is 11.6 Å². The number of aliphatic hydroxyl groups is 1. The highest BCUT2D eigenvalue weighted by atomic mass is 35.5. The highest BCUT2D eigenvalue weighted by Gasteiger charge is 2.37. The Balaban J connectivity index is 2.01. The standard InChI is InChI=1S/C18H19ClO/c1-13-10-11-18(20,16-8-4-3-7-15(13)16)12-14-6-2-5-9-17(14)19/h2-9,13,20H,10-12H2,1H3. The molecular weight excluding hydrogens is 268 g/mol. The van der Waals surface area contributed by atoms with Crippen LogP contribution in [0.4, 0.5) is 0 Å². The van der Waals surface area contributed by atoms with Gasteiger partial charge in [0.1, 0.15) is 0 Å². The van der Waals surface area contributed by atoms with E-state index in [4.69, 9.17) is 11.6 Å². The van der Waals surface area contributed by atoms with Crippen LogP contribution in [0.5, 0.6) is 0 Å². The molecule has 0 amide bonds. The van der Waals surface area contributed by atoms with Crippen molar-refractivity contribution in [1.29, 1.82) is 0 Å². The SMILES string of the molecule is CC1CCC(O)(Cc2ccccc2Cl)c2ccccc21. The molecule has 0 aromatic heterocycles. The van der Waals surface area contributed by atoms with Crippen molar-refractivity contribution < 1.29 is 5.11 Å². The smallest absolute Gasteiger partial charge is 0.0940 e. The number of benzene rings is 2. The van der Waals surface area contributed by atoms with E-state index in [2.05, 4.69) is 25.1 Å². The van der Waals surface area contributed by atoms with Crippen molar-refractivity contribution in [3.63, 3.8) is 0 Å². The van der Waals surface area contributed by atoms with Gasteiger partial charge in [-0.15, -0.1) is 0 Å². The molecule has 2 atom stereocenters. The zero-order chi connectivity index (χ0) is 14.2. The van der Waals surface area contributed by atoms with E-state index in [-0.39, 0.29) is 0 Å². The maximum absolute atomic E-state index is 11.2. The molecule has 1 nitrogen and oxygen atoms in total. The van der Waals surface area contributed by atoms with Gasteiger partial charge in [-0.25, -0.2) is 0 Å². The zero-order valence-electron chi connectivity index (χ0n) is 11.6. The Kier molecular flexibility index (Phi) is 3.57. The molecule has 0 spiro atoms. The summed E-state index contributed by atoms with van der Waals surface area (Å²) in [4.78, 5) is 0. The lowest BCUT2D eigenvalue weighted by Crippen LogP contribution is -2.34. The van der Waals surface area contributed by atoms with Gasteiger partial charge in [-0.3, -0.25) is 0 Å². The van der Waals surface area contributed by atoms with Crippen LogP contribution in [-0.4, -0.2) is 5.11 Å². The van der Waals surface area contributed by atoms with E-state index in [0.717, 1.165) is 29.0 Å². The third-order valence-corrected chi connectivity index (χ3v) is 4.79. The Morgan fingerprint density at radius 3 is 2.65 bits per heavy atom. The molecule has 0 heterocycles. The van der Waals surface area contributed by atoms with Crippen LogP contribution in [0.2, 0.25) is 5.02 Å². The summed E-state index contributed by atoms with van der Waals surface area (Å²) in [5, 5.41) is 11.9. The fraction of sp³-hybridized carbons (Fsp3) is 0.333. The van der Waals surface area contributed by atoms with E-state index >= 15 is 0 Å². The van der Waals surface area contributed by atoms with Gasteiger partial charge in [0.25, 0.3) is 0 Å². The van der Waals surface area contributed by atoms with Gasteiger partial charge in [0.2, 0.25) is 0 Å². The van der Waals surface area contributed by atoms with Crippen molar-refractivity contribution in [3.05, 3.63) is 70.2 Å². The summed E-state index contributed by atoms with van der Waals surface area (Å²) >= 11 is 6.25. The van der Waals surface area contributed by atoms with Gasteiger partial charge in [-0.2, -0.15) is 0 Å². The molecule has 104 valence electrons. The van der Waals surface area contributed by atoms with Crippen molar-refractivity contribution in [2.45, 2.75) is 37.7 Å². The lowest BCUT2D eigenvalue weighted by molar-refractivity contribution is 0.0159. The normalized spacial score (nSPS) is 25.2. The topological polar surface area (TPSA) is 20.2 Å². The van der Waals surface area contributed by atoms with Crippen molar-refractivity contribution in [1.82, 2.24) is 0 Å². The second kappa shape index (κ2) is 5.23. The molecule has 1 aliphatic carbocycles. The summed E-state index contributed by atoms with van der Waals surface area (Å²) in [6.45, 7) is 2.23. The van der Waals surface area contributed by atoms with Crippen LogP contribution in [0.3, 0.4) is 0 Å². The number of halogens is 1. The minimum atomic E-state index is -0.798. The van der Waals surface area contributed by atoms with Gasteiger partial charge in [-0.05, 0) is 41.5 Å². The number of fused-ring (bicyclic) bond motifs is 1.